The zero-order valence-corrected chi connectivity index (χ0v) is 16.2. The largest absolute Gasteiger partial charge is 0.356 e. The number of hydrogen-bond donors (Lipinski definition) is 1. The summed E-state index contributed by atoms with van der Waals surface area (Å²) in [5.74, 6) is 2.85. The van der Waals surface area contributed by atoms with Crippen LogP contribution in [-0.2, 0) is 0 Å². The molecule has 26 heavy (non-hydrogen) atoms. The van der Waals surface area contributed by atoms with Crippen molar-refractivity contribution in [1.82, 2.24) is 14.9 Å². The van der Waals surface area contributed by atoms with Crippen LogP contribution in [0.5, 0.6) is 0 Å². The molecular formula is C21H35N5. The van der Waals surface area contributed by atoms with E-state index >= 15 is 0 Å². The van der Waals surface area contributed by atoms with Crippen LogP contribution in [0.3, 0.4) is 0 Å². The highest BCUT2D eigenvalue weighted by Crippen LogP contribution is 2.26. The Hall–Kier alpha value is -1.36. The second kappa shape index (κ2) is 9.03. The molecule has 5 heteroatoms. The van der Waals surface area contributed by atoms with Gasteiger partial charge in [-0.05, 0) is 44.1 Å². The Morgan fingerprint density at radius 3 is 2.50 bits per heavy atom. The first-order valence-electron chi connectivity index (χ1n) is 10.9. The summed E-state index contributed by atoms with van der Waals surface area (Å²) in [6.07, 6.45) is 15.6. The summed E-state index contributed by atoms with van der Waals surface area (Å²) in [6.45, 7) is 5.94. The first-order valence-corrected chi connectivity index (χ1v) is 10.9. The predicted octanol–water partition coefficient (Wildman–Crippen LogP) is 3.92. The number of rotatable bonds is 5. The molecule has 0 aromatic carbocycles. The lowest BCUT2D eigenvalue weighted by Gasteiger charge is -2.26. The summed E-state index contributed by atoms with van der Waals surface area (Å²) in [7, 11) is 0. The molecule has 1 saturated carbocycles. The standard InChI is InChI=1S/C21H35N5/c1-2-7-14-26(13-6-1)20-10-12-22-21(24-20)23-19-11-15-25(17-19)16-18-8-4-3-5-9-18/h10,12,18-19H,1-9,11,13-17H2,(H,22,23,24)/t19-/m0/s1. The van der Waals surface area contributed by atoms with Gasteiger partial charge >= 0.3 is 0 Å². The second-order valence-corrected chi connectivity index (χ2v) is 8.53. The molecule has 1 aromatic rings. The van der Waals surface area contributed by atoms with Gasteiger partial charge in [-0.2, -0.15) is 4.98 Å². The average Bonchev–Trinajstić information content (AvgIpc) is 2.94. The van der Waals surface area contributed by atoms with Crippen molar-refractivity contribution < 1.29 is 0 Å². The van der Waals surface area contributed by atoms with Crippen molar-refractivity contribution in [3.63, 3.8) is 0 Å². The van der Waals surface area contributed by atoms with E-state index in [4.69, 9.17) is 4.98 Å². The molecule has 2 aliphatic heterocycles. The van der Waals surface area contributed by atoms with Crippen molar-refractivity contribution in [3.8, 4) is 0 Å². The van der Waals surface area contributed by atoms with E-state index in [0.29, 0.717) is 6.04 Å². The van der Waals surface area contributed by atoms with Crippen LogP contribution in [0.4, 0.5) is 11.8 Å². The second-order valence-electron chi connectivity index (χ2n) is 8.53. The molecule has 5 nitrogen and oxygen atoms in total. The minimum atomic E-state index is 0.498. The minimum absolute atomic E-state index is 0.498. The molecule has 0 spiro atoms. The van der Waals surface area contributed by atoms with Crippen molar-refractivity contribution in [2.24, 2.45) is 5.92 Å². The van der Waals surface area contributed by atoms with E-state index in [1.807, 2.05) is 6.20 Å². The summed E-state index contributed by atoms with van der Waals surface area (Å²) in [5, 5.41) is 3.61. The zero-order chi connectivity index (χ0) is 17.6. The number of nitrogens with one attached hydrogen (secondary N) is 1. The topological polar surface area (TPSA) is 44.3 Å². The van der Waals surface area contributed by atoms with Crippen molar-refractivity contribution in [2.45, 2.75) is 70.3 Å². The average molecular weight is 358 g/mol. The third-order valence-electron chi connectivity index (χ3n) is 6.42. The number of likely N-dealkylation sites (tertiary alicyclic amines) is 1. The van der Waals surface area contributed by atoms with Gasteiger partial charge in [-0.3, -0.25) is 0 Å². The quantitative estimate of drug-likeness (QED) is 0.865. The first kappa shape index (κ1) is 18.0. The number of nitrogens with zero attached hydrogens (tertiary/aromatic N) is 4. The molecule has 1 N–H and O–H groups in total. The Morgan fingerprint density at radius 2 is 1.69 bits per heavy atom. The molecule has 1 aromatic heterocycles. The molecule has 144 valence electrons. The van der Waals surface area contributed by atoms with Gasteiger partial charge in [0, 0.05) is 45.0 Å². The van der Waals surface area contributed by atoms with E-state index in [-0.39, 0.29) is 0 Å². The summed E-state index contributed by atoms with van der Waals surface area (Å²) in [4.78, 5) is 14.4. The van der Waals surface area contributed by atoms with Crippen LogP contribution < -0.4 is 10.2 Å². The van der Waals surface area contributed by atoms with Gasteiger partial charge in [-0.25, -0.2) is 4.98 Å². The first-order chi connectivity index (χ1) is 12.9. The molecule has 0 bridgehead atoms. The summed E-state index contributed by atoms with van der Waals surface area (Å²) in [6, 6.07) is 2.57. The third kappa shape index (κ3) is 4.87. The Kier molecular flexibility index (Phi) is 6.26. The number of hydrogen-bond acceptors (Lipinski definition) is 5. The fourth-order valence-electron chi connectivity index (χ4n) is 4.93. The van der Waals surface area contributed by atoms with Crippen LogP contribution in [0.15, 0.2) is 12.3 Å². The normalized spacial score (nSPS) is 26.0. The Morgan fingerprint density at radius 1 is 0.923 bits per heavy atom. The lowest BCUT2D eigenvalue weighted by molar-refractivity contribution is 0.233. The maximum absolute atomic E-state index is 4.83. The molecule has 0 radical (unpaired) electrons. The van der Waals surface area contributed by atoms with E-state index in [0.717, 1.165) is 37.3 Å². The van der Waals surface area contributed by atoms with Crippen LogP contribution in [0.25, 0.3) is 0 Å². The van der Waals surface area contributed by atoms with Crippen molar-refractivity contribution in [1.29, 1.82) is 0 Å². The van der Waals surface area contributed by atoms with Gasteiger partial charge in [0.25, 0.3) is 0 Å². The maximum Gasteiger partial charge on any atom is 0.224 e. The van der Waals surface area contributed by atoms with Crippen LogP contribution >= 0.6 is 0 Å². The maximum atomic E-state index is 4.83. The van der Waals surface area contributed by atoms with Gasteiger partial charge in [-0.1, -0.05) is 32.1 Å². The Bertz CT molecular complexity index is 549. The highest BCUT2D eigenvalue weighted by molar-refractivity contribution is 5.43. The molecule has 0 amide bonds. The molecular weight excluding hydrogens is 322 g/mol. The SMILES string of the molecule is c1cc(N2CCCCCC2)nc(N[C@H]2CCN(CC3CCCCC3)C2)n1. The lowest BCUT2D eigenvalue weighted by atomic mass is 9.89. The van der Waals surface area contributed by atoms with Gasteiger partial charge in [-0.15, -0.1) is 0 Å². The molecule has 3 heterocycles. The predicted molar refractivity (Wildman–Crippen MR) is 108 cm³/mol. The van der Waals surface area contributed by atoms with Crippen molar-refractivity contribution in [2.75, 3.05) is 42.9 Å². The molecule has 2 saturated heterocycles. The van der Waals surface area contributed by atoms with Gasteiger partial charge in [0.2, 0.25) is 5.95 Å². The van der Waals surface area contributed by atoms with Crippen molar-refractivity contribution in [3.05, 3.63) is 12.3 Å². The molecule has 3 aliphatic rings. The molecule has 0 unspecified atom stereocenters. The van der Waals surface area contributed by atoms with Gasteiger partial charge < -0.3 is 15.1 Å². The highest BCUT2D eigenvalue weighted by Gasteiger charge is 2.26. The van der Waals surface area contributed by atoms with Crippen molar-refractivity contribution >= 4 is 11.8 Å². The van der Waals surface area contributed by atoms with Crippen LogP contribution in [0.2, 0.25) is 0 Å². The summed E-state index contributed by atoms with van der Waals surface area (Å²) < 4.78 is 0. The van der Waals surface area contributed by atoms with E-state index < -0.39 is 0 Å². The number of aromatic nitrogens is 2. The third-order valence-corrected chi connectivity index (χ3v) is 6.42. The molecule has 3 fully saturated rings. The number of anilines is 2. The molecule has 1 aliphatic carbocycles. The van der Waals surface area contributed by atoms with Gasteiger partial charge in [0.05, 0.1) is 0 Å². The summed E-state index contributed by atoms with van der Waals surface area (Å²) >= 11 is 0. The van der Waals surface area contributed by atoms with Crippen LogP contribution in [-0.4, -0.2) is 53.6 Å². The van der Waals surface area contributed by atoms with Crippen LogP contribution in [0, 0.1) is 5.92 Å². The minimum Gasteiger partial charge on any atom is -0.356 e. The van der Waals surface area contributed by atoms with E-state index in [2.05, 4.69) is 26.2 Å². The zero-order valence-electron chi connectivity index (χ0n) is 16.2. The van der Waals surface area contributed by atoms with E-state index in [1.54, 1.807) is 0 Å². The fraction of sp³-hybridized carbons (Fsp3) is 0.810. The van der Waals surface area contributed by atoms with E-state index in [9.17, 15) is 0 Å². The highest BCUT2D eigenvalue weighted by atomic mass is 15.3. The van der Waals surface area contributed by atoms with Gasteiger partial charge in [0.1, 0.15) is 5.82 Å². The fourth-order valence-corrected chi connectivity index (χ4v) is 4.93. The summed E-state index contributed by atoms with van der Waals surface area (Å²) in [5.41, 5.74) is 0. The molecule has 1 atom stereocenters. The Balaban J connectivity index is 1.29. The lowest BCUT2D eigenvalue weighted by Crippen LogP contribution is -2.31. The van der Waals surface area contributed by atoms with Crippen LogP contribution in [0.1, 0.15) is 64.2 Å². The smallest absolute Gasteiger partial charge is 0.224 e. The van der Waals surface area contributed by atoms with Gasteiger partial charge in [0.15, 0.2) is 0 Å². The Labute approximate surface area is 158 Å². The molecule has 4 rings (SSSR count). The monoisotopic (exact) mass is 357 g/mol. The van der Waals surface area contributed by atoms with E-state index in [1.165, 1.54) is 77.3 Å².